The van der Waals surface area contributed by atoms with Crippen molar-refractivity contribution >= 4 is 39.4 Å². The highest BCUT2D eigenvalue weighted by Crippen LogP contribution is 2.26. The molecule has 0 aliphatic carbocycles. The fourth-order valence-electron chi connectivity index (χ4n) is 2.76. The maximum absolute atomic E-state index is 12.5. The number of benzene rings is 2. The van der Waals surface area contributed by atoms with Gasteiger partial charge in [-0.2, -0.15) is 0 Å². The molecule has 138 valence electrons. The monoisotopic (exact) mass is 389 g/mol. The minimum absolute atomic E-state index is 0.253. The summed E-state index contributed by atoms with van der Waals surface area (Å²) in [4.78, 5) is 24.6. The van der Waals surface area contributed by atoms with E-state index in [1.165, 1.54) is 17.4 Å². The molecule has 28 heavy (non-hydrogen) atoms. The Morgan fingerprint density at radius 2 is 1.71 bits per heavy atom. The summed E-state index contributed by atoms with van der Waals surface area (Å²) in [7, 11) is 0. The molecule has 2 N–H and O–H groups in total. The number of hydrogen-bond donors (Lipinski definition) is 2. The van der Waals surface area contributed by atoms with Crippen LogP contribution in [0.1, 0.15) is 15.4 Å². The fourth-order valence-corrected chi connectivity index (χ4v) is 3.72. The van der Waals surface area contributed by atoms with E-state index >= 15 is 0 Å². The first kappa shape index (κ1) is 17.8. The van der Waals surface area contributed by atoms with Crippen molar-refractivity contribution in [2.45, 2.75) is 0 Å². The highest BCUT2D eigenvalue weighted by Gasteiger charge is 2.16. The van der Waals surface area contributed by atoms with E-state index < -0.39 is 11.9 Å². The van der Waals surface area contributed by atoms with Gasteiger partial charge in [0.25, 0.3) is 5.91 Å². The Morgan fingerprint density at radius 3 is 2.46 bits per heavy atom. The second-order valence-electron chi connectivity index (χ2n) is 6.03. The molecule has 0 fully saturated rings. The van der Waals surface area contributed by atoms with Gasteiger partial charge < -0.3 is 14.8 Å². The van der Waals surface area contributed by atoms with Gasteiger partial charge in [-0.25, -0.2) is 4.79 Å². The van der Waals surface area contributed by atoms with Crippen LogP contribution in [0.15, 0.2) is 82.9 Å². The number of rotatable bonds is 5. The molecule has 1 amide bonds. The van der Waals surface area contributed by atoms with E-state index in [-0.39, 0.29) is 5.70 Å². The Morgan fingerprint density at radius 1 is 0.964 bits per heavy atom. The van der Waals surface area contributed by atoms with Crippen molar-refractivity contribution in [3.05, 3.63) is 89.1 Å². The summed E-state index contributed by atoms with van der Waals surface area (Å²) in [5.74, 6) is -0.753. The average Bonchev–Trinajstić information content (AvgIpc) is 3.35. The van der Waals surface area contributed by atoms with Gasteiger partial charge in [-0.05, 0) is 29.7 Å². The third-order valence-corrected chi connectivity index (χ3v) is 5.21. The molecule has 2 aromatic carbocycles. The van der Waals surface area contributed by atoms with Crippen molar-refractivity contribution in [1.82, 2.24) is 5.32 Å². The first-order chi connectivity index (χ1) is 13.6. The van der Waals surface area contributed by atoms with Crippen LogP contribution in [0.25, 0.3) is 27.5 Å². The van der Waals surface area contributed by atoms with Crippen LogP contribution in [0.5, 0.6) is 0 Å². The van der Waals surface area contributed by atoms with Crippen molar-refractivity contribution in [2.75, 3.05) is 0 Å². The van der Waals surface area contributed by atoms with E-state index in [1.54, 1.807) is 18.2 Å². The standard InChI is InChI=1S/C22H15NO4S/c24-21(20-12-15-8-4-5-9-19(15)28-20)23-17(22(25)26)13-16-10-11-18(27-16)14-6-2-1-3-7-14/h1-13H,(H,23,24)(H,25,26)/b17-13+. The van der Waals surface area contributed by atoms with Crippen molar-refractivity contribution in [2.24, 2.45) is 0 Å². The zero-order valence-electron chi connectivity index (χ0n) is 14.6. The topological polar surface area (TPSA) is 79.5 Å². The largest absolute Gasteiger partial charge is 0.477 e. The summed E-state index contributed by atoms with van der Waals surface area (Å²) in [6.07, 6.45) is 1.31. The Hall–Kier alpha value is -3.64. The maximum atomic E-state index is 12.5. The number of carboxylic acids is 1. The van der Waals surface area contributed by atoms with Gasteiger partial charge in [0.2, 0.25) is 0 Å². The van der Waals surface area contributed by atoms with Crippen LogP contribution >= 0.6 is 11.3 Å². The van der Waals surface area contributed by atoms with Gasteiger partial charge >= 0.3 is 5.97 Å². The van der Waals surface area contributed by atoms with Crippen LogP contribution in [-0.2, 0) is 4.79 Å². The van der Waals surface area contributed by atoms with Crippen LogP contribution in [0.2, 0.25) is 0 Å². The number of carbonyl (C=O) groups excluding carboxylic acids is 1. The summed E-state index contributed by atoms with van der Waals surface area (Å²) >= 11 is 1.31. The number of hydrogen-bond acceptors (Lipinski definition) is 4. The van der Waals surface area contributed by atoms with Gasteiger partial charge in [-0.3, -0.25) is 4.79 Å². The van der Waals surface area contributed by atoms with Crippen molar-refractivity contribution in [3.63, 3.8) is 0 Å². The van der Waals surface area contributed by atoms with Gasteiger partial charge in [-0.1, -0.05) is 48.5 Å². The van der Waals surface area contributed by atoms with Gasteiger partial charge in [0.15, 0.2) is 0 Å². The Kier molecular flexibility index (Phi) is 4.78. The predicted molar refractivity (Wildman–Crippen MR) is 109 cm³/mol. The molecule has 2 aromatic heterocycles. The summed E-state index contributed by atoms with van der Waals surface area (Å²) in [6, 6.07) is 22.2. The van der Waals surface area contributed by atoms with E-state index in [2.05, 4.69) is 5.32 Å². The molecule has 2 heterocycles. The van der Waals surface area contributed by atoms with Gasteiger partial charge in [-0.15, -0.1) is 11.3 Å². The van der Waals surface area contributed by atoms with Gasteiger partial charge in [0.05, 0.1) is 4.88 Å². The summed E-state index contributed by atoms with van der Waals surface area (Å²) in [6.45, 7) is 0. The maximum Gasteiger partial charge on any atom is 0.352 e. The summed E-state index contributed by atoms with van der Waals surface area (Å²) in [5.41, 5.74) is 0.629. The van der Waals surface area contributed by atoms with Crippen molar-refractivity contribution < 1.29 is 19.1 Å². The number of amides is 1. The lowest BCUT2D eigenvalue weighted by atomic mass is 10.2. The normalized spacial score (nSPS) is 11.5. The van der Waals surface area contributed by atoms with Crippen LogP contribution in [-0.4, -0.2) is 17.0 Å². The van der Waals surface area contributed by atoms with Crippen LogP contribution in [0.4, 0.5) is 0 Å². The zero-order valence-corrected chi connectivity index (χ0v) is 15.4. The number of nitrogens with one attached hydrogen (secondary N) is 1. The molecule has 0 saturated heterocycles. The molecule has 0 saturated carbocycles. The van der Waals surface area contributed by atoms with Crippen molar-refractivity contribution in [1.29, 1.82) is 0 Å². The van der Waals surface area contributed by atoms with Crippen LogP contribution < -0.4 is 5.32 Å². The lowest BCUT2D eigenvalue weighted by molar-refractivity contribution is -0.132. The lowest BCUT2D eigenvalue weighted by Crippen LogP contribution is -2.26. The van der Waals surface area contributed by atoms with E-state index in [0.29, 0.717) is 16.4 Å². The zero-order chi connectivity index (χ0) is 19.5. The molecule has 0 radical (unpaired) electrons. The molecule has 0 atom stereocenters. The van der Waals surface area contributed by atoms with Gasteiger partial charge in [0.1, 0.15) is 17.2 Å². The quantitative estimate of drug-likeness (QED) is 0.470. The average molecular weight is 389 g/mol. The molecule has 6 heteroatoms. The summed E-state index contributed by atoms with van der Waals surface area (Å²) in [5, 5.41) is 12.9. The summed E-state index contributed by atoms with van der Waals surface area (Å²) < 4.78 is 6.66. The second kappa shape index (κ2) is 7.54. The molecule has 4 rings (SSSR count). The molecule has 0 aliphatic rings. The number of carboxylic acid groups (broad SMARTS) is 1. The molecule has 0 aliphatic heterocycles. The van der Waals surface area contributed by atoms with Crippen LogP contribution in [0, 0.1) is 0 Å². The third-order valence-electron chi connectivity index (χ3n) is 4.10. The molecular weight excluding hydrogens is 374 g/mol. The minimum atomic E-state index is -1.24. The van der Waals surface area contributed by atoms with E-state index in [1.807, 2.05) is 54.6 Å². The van der Waals surface area contributed by atoms with Crippen molar-refractivity contribution in [3.8, 4) is 11.3 Å². The first-order valence-electron chi connectivity index (χ1n) is 8.50. The highest BCUT2D eigenvalue weighted by molar-refractivity contribution is 7.20. The fraction of sp³-hybridized carbons (Fsp3) is 0. The number of aliphatic carboxylic acids is 1. The molecule has 4 aromatic rings. The number of carbonyl (C=O) groups is 2. The van der Waals surface area contributed by atoms with E-state index in [4.69, 9.17) is 4.42 Å². The third kappa shape index (κ3) is 3.72. The Balaban J connectivity index is 1.58. The molecule has 0 bridgehead atoms. The first-order valence-corrected chi connectivity index (χ1v) is 9.32. The molecule has 0 unspecified atom stereocenters. The van der Waals surface area contributed by atoms with Crippen LogP contribution in [0.3, 0.4) is 0 Å². The molecule has 5 nitrogen and oxygen atoms in total. The van der Waals surface area contributed by atoms with E-state index in [0.717, 1.165) is 15.6 Å². The number of fused-ring (bicyclic) bond motifs is 1. The second-order valence-corrected chi connectivity index (χ2v) is 7.12. The molecule has 0 spiro atoms. The number of thiophene rings is 1. The predicted octanol–water partition coefficient (Wildman–Crippen LogP) is 5.02. The smallest absolute Gasteiger partial charge is 0.352 e. The van der Waals surface area contributed by atoms with E-state index in [9.17, 15) is 14.7 Å². The highest BCUT2D eigenvalue weighted by atomic mass is 32.1. The SMILES string of the molecule is O=C(O)/C(=C\c1ccc(-c2ccccc2)o1)NC(=O)c1cc2ccccc2s1. The number of furan rings is 1. The Bertz CT molecular complexity index is 1150. The molecular formula is C22H15NO4S. The Labute approximate surface area is 164 Å². The van der Waals surface area contributed by atoms with Gasteiger partial charge in [0, 0.05) is 16.3 Å². The lowest BCUT2D eigenvalue weighted by Gasteiger charge is -2.03. The minimum Gasteiger partial charge on any atom is -0.477 e.